The van der Waals surface area contributed by atoms with Crippen LogP contribution in [0.5, 0.6) is 5.75 Å². The smallest absolute Gasteiger partial charge is 0.332 e. The van der Waals surface area contributed by atoms with Gasteiger partial charge in [0.1, 0.15) is 17.4 Å². The molecule has 1 amide bonds. The quantitative estimate of drug-likeness (QED) is 0.470. The molecule has 1 N–H and O–H groups in total. The summed E-state index contributed by atoms with van der Waals surface area (Å²) in [6.45, 7) is -0.573. The number of Topliss-reactive ketones (excluding diaryl/α,β-unsaturated/α-hetero) is 1. The average molecular weight is 412 g/mol. The number of hydrogen-bond acceptors (Lipinski definition) is 8. The van der Waals surface area contributed by atoms with E-state index in [0.29, 0.717) is 17.0 Å². The van der Waals surface area contributed by atoms with Gasteiger partial charge in [0.25, 0.3) is 5.91 Å². The van der Waals surface area contributed by atoms with E-state index in [9.17, 15) is 14.4 Å². The lowest BCUT2D eigenvalue weighted by molar-refractivity contribution is -0.148. The Labute approximate surface area is 169 Å². The van der Waals surface area contributed by atoms with Gasteiger partial charge in [0, 0.05) is 5.56 Å². The van der Waals surface area contributed by atoms with Crippen molar-refractivity contribution in [1.29, 1.82) is 0 Å². The molecule has 0 radical (unpaired) electrons. The molecule has 0 atom stereocenters. The molecule has 4 rings (SSSR count). The van der Waals surface area contributed by atoms with Gasteiger partial charge in [0.15, 0.2) is 19.0 Å². The van der Waals surface area contributed by atoms with Crippen molar-refractivity contribution in [3.05, 3.63) is 53.0 Å². The number of carbonyl (C=O) groups is 3. The van der Waals surface area contributed by atoms with Crippen molar-refractivity contribution in [3.8, 4) is 5.75 Å². The Bertz CT molecular complexity index is 1060. The van der Waals surface area contributed by atoms with Crippen LogP contribution in [0.3, 0.4) is 0 Å². The highest BCUT2D eigenvalue weighted by molar-refractivity contribution is 7.18. The highest BCUT2D eigenvalue weighted by atomic mass is 32.1. The summed E-state index contributed by atoms with van der Waals surface area (Å²) in [4.78, 5) is 39.8. The molecule has 0 aliphatic carbocycles. The lowest BCUT2D eigenvalue weighted by Crippen LogP contribution is -2.25. The molecule has 0 saturated carbocycles. The summed E-state index contributed by atoms with van der Waals surface area (Å²) in [5.41, 5.74) is 1.60. The minimum atomic E-state index is -0.644. The topological polar surface area (TPSA) is 104 Å². The number of rotatable bonds is 7. The average Bonchev–Trinajstić information content (AvgIpc) is 3.14. The molecule has 2 aromatic carbocycles. The monoisotopic (exact) mass is 412 g/mol. The maximum Gasteiger partial charge on any atom is 0.332 e. The maximum absolute atomic E-state index is 12.2. The zero-order valence-electron chi connectivity index (χ0n) is 15.2. The normalized spacial score (nSPS) is 12.8. The Morgan fingerprint density at radius 3 is 2.90 bits per heavy atom. The van der Waals surface area contributed by atoms with Crippen molar-refractivity contribution in [2.75, 3.05) is 25.1 Å². The number of anilines is 1. The maximum atomic E-state index is 12.2. The number of ketones is 1. The third kappa shape index (κ3) is 4.58. The van der Waals surface area contributed by atoms with Crippen LogP contribution in [0.25, 0.3) is 10.2 Å². The Morgan fingerprint density at radius 1 is 1.17 bits per heavy atom. The number of fused-ring (bicyclic) bond motifs is 2. The van der Waals surface area contributed by atoms with Crippen LogP contribution in [0.1, 0.15) is 15.4 Å². The molecule has 0 bridgehead atoms. The molecule has 0 fully saturated rings. The Balaban J connectivity index is 1.24. The molecule has 2 heterocycles. The number of thiazole rings is 1. The van der Waals surface area contributed by atoms with Crippen molar-refractivity contribution >= 4 is 44.9 Å². The molecular formula is C20H16N2O6S. The van der Waals surface area contributed by atoms with E-state index in [1.54, 1.807) is 12.1 Å². The first-order valence-electron chi connectivity index (χ1n) is 8.76. The van der Waals surface area contributed by atoms with Crippen LogP contribution in [0.15, 0.2) is 42.5 Å². The second kappa shape index (κ2) is 8.38. The number of para-hydroxylation sites is 1. The van der Waals surface area contributed by atoms with Crippen molar-refractivity contribution in [1.82, 2.24) is 4.98 Å². The highest BCUT2D eigenvalue weighted by Crippen LogP contribution is 2.28. The lowest BCUT2D eigenvalue weighted by Gasteiger charge is -2.18. The first-order valence-corrected chi connectivity index (χ1v) is 9.58. The first kappa shape index (κ1) is 19.0. The Kier molecular flexibility index (Phi) is 5.50. The number of ether oxygens (including phenoxy) is 3. The van der Waals surface area contributed by atoms with Gasteiger partial charge in [-0.1, -0.05) is 12.1 Å². The van der Waals surface area contributed by atoms with E-state index < -0.39 is 18.4 Å². The fourth-order valence-electron chi connectivity index (χ4n) is 2.73. The van der Waals surface area contributed by atoms with Crippen LogP contribution in [-0.4, -0.2) is 42.5 Å². The second-order valence-electron chi connectivity index (χ2n) is 6.20. The summed E-state index contributed by atoms with van der Waals surface area (Å²) < 4.78 is 16.6. The molecule has 1 aliphatic heterocycles. The van der Waals surface area contributed by atoms with Crippen molar-refractivity contribution in [2.45, 2.75) is 6.61 Å². The summed E-state index contributed by atoms with van der Waals surface area (Å²) in [6, 6.07) is 12.4. The predicted molar refractivity (Wildman–Crippen MR) is 105 cm³/mol. The van der Waals surface area contributed by atoms with Crippen molar-refractivity contribution in [2.24, 2.45) is 0 Å². The van der Waals surface area contributed by atoms with Crippen LogP contribution in [0, 0.1) is 0 Å². The summed E-state index contributed by atoms with van der Waals surface area (Å²) in [7, 11) is 0. The van der Waals surface area contributed by atoms with E-state index in [0.717, 1.165) is 15.2 Å². The van der Waals surface area contributed by atoms with Gasteiger partial charge in [-0.15, -0.1) is 11.3 Å². The van der Waals surface area contributed by atoms with Crippen LogP contribution in [0.4, 0.5) is 5.69 Å². The molecule has 29 heavy (non-hydrogen) atoms. The Morgan fingerprint density at radius 2 is 2.03 bits per heavy atom. The number of carbonyl (C=O) groups excluding carboxylic acids is 3. The summed E-state index contributed by atoms with van der Waals surface area (Å²) >= 11 is 1.49. The third-order valence-corrected chi connectivity index (χ3v) is 5.09. The highest BCUT2D eigenvalue weighted by Gasteiger charge is 2.18. The zero-order chi connectivity index (χ0) is 20.2. The van der Waals surface area contributed by atoms with E-state index in [2.05, 4.69) is 10.3 Å². The number of nitrogens with zero attached hydrogens (tertiary/aromatic N) is 1. The van der Waals surface area contributed by atoms with Crippen LogP contribution in [0.2, 0.25) is 0 Å². The lowest BCUT2D eigenvalue weighted by atomic mass is 10.1. The molecule has 9 heteroatoms. The molecule has 1 aromatic heterocycles. The van der Waals surface area contributed by atoms with E-state index in [4.69, 9.17) is 14.2 Å². The zero-order valence-corrected chi connectivity index (χ0v) is 16.0. The van der Waals surface area contributed by atoms with E-state index in [-0.39, 0.29) is 25.7 Å². The number of hydrogen-bond donors (Lipinski definition) is 1. The van der Waals surface area contributed by atoms with Gasteiger partial charge in [-0.3, -0.25) is 9.59 Å². The second-order valence-corrected chi connectivity index (χ2v) is 7.31. The molecule has 3 aromatic rings. The van der Waals surface area contributed by atoms with Crippen LogP contribution in [-0.2, 0) is 25.7 Å². The van der Waals surface area contributed by atoms with Crippen molar-refractivity contribution in [3.63, 3.8) is 0 Å². The Hall–Kier alpha value is -3.30. The minimum Gasteiger partial charge on any atom is -0.482 e. The SMILES string of the molecule is O=C1COc2ccc(C(=O)COC(=O)COCc3nc4ccccc4s3)cc2N1. The molecule has 0 saturated heterocycles. The standard InChI is InChI=1S/C20H16N2O6S/c23-15(12-5-6-16-14(7-12)21-18(24)9-27-16)8-28-20(25)11-26-10-19-22-13-3-1-2-4-17(13)29-19/h1-7H,8-11H2,(H,21,24). The summed E-state index contributed by atoms with van der Waals surface area (Å²) in [5, 5.41) is 3.38. The third-order valence-electron chi connectivity index (χ3n) is 4.08. The van der Waals surface area contributed by atoms with Crippen LogP contribution < -0.4 is 10.1 Å². The number of aromatic nitrogens is 1. The summed E-state index contributed by atoms with van der Waals surface area (Å²) in [6.07, 6.45) is 0. The largest absolute Gasteiger partial charge is 0.482 e. The first-order chi connectivity index (χ1) is 14.1. The fourth-order valence-corrected chi connectivity index (χ4v) is 3.64. The fraction of sp³-hybridized carbons (Fsp3) is 0.200. The van der Waals surface area contributed by atoms with E-state index >= 15 is 0 Å². The summed E-state index contributed by atoms with van der Waals surface area (Å²) in [5.74, 6) is -0.846. The number of nitrogens with one attached hydrogen (secondary N) is 1. The molecule has 8 nitrogen and oxygen atoms in total. The van der Waals surface area contributed by atoms with Crippen molar-refractivity contribution < 1.29 is 28.6 Å². The molecular weight excluding hydrogens is 396 g/mol. The predicted octanol–water partition coefficient (Wildman–Crippen LogP) is 2.57. The van der Waals surface area contributed by atoms with E-state index in [1.807, 2.05) is 24.3 Å². The van der Waals surface area contributed by atoms with Gasteiger partial charge >= 0.3 is 5.97 Å². The molecule has 1 aliphatic rings. The van der Waals surface area contributed by atoms with Crippen LogP contribution >= 0.6 is 11.3 Å². The number of benzene rings is 2. The number of esters is 1. The molecule has 0 spiro atoms. The molecule has 0 unspecified atom stereocenters. The minimum absolute atomic E-state index is 0.0606. The van der Waals surface area contributed by atoms with Gasteiger partial charge in [0.05, 0.1) is 22.5 Å². The van der Waals surface area contributed by atoms with Gasteiger partial charge in [-0.25, -0.2) is 9.78 Å². The van der Waals surface area contributed by atoms with Gasteiger partial charge in [-0.05, 0) is 30.3 Å². The molecule has 148 valence electrons. The van der Waals surface area contributed by atoms with Gasteiger partial charge in [-0.2, -0.15) is 0 Å². The van der Waals surface area contributed by atoms with Gasteiger partial charge < -0.3 is 19.5 Å². The van der Waals surface area contributed by atoms with E-state index in [1.165, 1.54) is 17.4 Å². The van der Waals surface area contributed by atoms with Gasteiger partial charge in [0.2, 0.25) is 0 Å². The number of amides is 1.